The lowest BCUT2D eigenvalue weighted by Gasteiger charge is -2.19. The second kappa shape index (κ2) is 13.1. The molecule has 216 valence electrons. The number of ether oxygens (including phenoxy) is 1. The number of halogens is 1. The van der Waals surface area contributed by atoms with Crippen molar-refractivity contribution in [2.75, 3.05) is 7.11 Å². The van der Waals surface area contributed by atoms with E-state index < -0.39 is 29.0 Å². The fourth-order valence-electron chi connectivity index (χ4n) is 4.20. The summed E-state index contributed by atoms with van der Waals surface area (Å²) in [5.41, 5.74) is 0.100. The maximum Gasteiger partial charge on any atom is 0.332 e. The summed E-state index contributed by atoms with van der Waals surface area (Å²) >= 11 is 1.27. The van der Waals surface area contributed by atoms with Crippen molar-refractivity contribution in [1.82, 2.24) is 24.2 Å². The van der Waals surface area contributed by atoms with E-state index in [2.05, 4.69) is 10.4 Å². The summed E-state index contributed by atoms with van der Waals surface area (Å²) in [4.78, 5) is 40.6. The van der Waals surface area contributed by atoms with E-state index in [-0.39, 0.29) is 25.1 Å². The highest BCUT2D eigenvalue weighted by atomic mass is 32.1. The number of aromatic nitrogens is 4. The molecule has 0 spiro atoms. The van der Waals surface area contributed by atoms with E-state index >= 15 is 0 Å². The predicted octanol–water partition coefficient (Wildman–Crippen LogP) is 3.58. The number of carbonyl (C=O) groups is 1. The van der Waals surface area contributed by atoms with Gasteiger partial charge in [0, 0.05) is 36.6 Å². The van der Waals surface area contributed by atoms with Crippen LogP contribution in [0.1, 0.15) is 51.8 Å². The Morgan fingerprint density at radius 2 is 1.88 bits per heavy atom. The van der Waals surface area contributed by atoms with Gasteiger partial charge in [0.2, 0.25) is 5.91 Å². The number of aryl methyl sites for hydroxylation is 3. The normalized spacial score (nSPS) is 12.0. The molecule has 0 aliphatic rings. The van der Waals surface area contributed by atoms with Crippen molar-refractivity contribution < 1.29 is 19.0 Å². The largest absolute Gasteiger partial charge is 0.496 e. The topological polar surface area (TPSA) is 120 Å². The summed E-state index contributed by atoms with van der Waals surface area (Å²) < 4.78 is 23.4. The molecule has 0 fully saturated rings. The quantitative estimate of drug-likeness (QED) is 0.333. The SMILES string of the molecule is CC(C)O.COc1ccc(F)cc1CCn1c(=O)n(C(C)C(=O)NC(C)C)c(=O)c2c(C)c(-n3cccn3)sc21. The highest BCUT2D eigenvalue weighted by molar-refractivity contribution is 7.21. The molecule has 4 rings (SSSR count). The van der Waals surface area contributed by atoms with Gasteiger partial charge in [-0.1, -0.05) is 11.3 Å². The van der Waals surface area contributed by atoms with Crippen molar-refractivity contribution in [2.24, 2.45) is 0 Å². The van der Waals surface area contributed by atoms with Gasteiger partial charge in [-0.25, -0.2) is 18.4 Å². The Balaban J connectivity index is 0.00000103. The Bertz CT molecular complexity index is 1580. The maximum absolute atomic E-state index is 13.9. The molecule has 40 heavy (non-hydrogen) atoms. The van der Waals surface area contributed by atoms with Crippen LogP contribution in [-0.4, -0.2) is 49.2 Å². The number of aliphatic hydroxyl groups is 1. The Labute approximate surface area is 235 Å². The van der Waals surface area contributed by atoms with Crippen molar-refractivity contribution in [3.05, 3.63) is 74.4 Å². The zero-order valence-electron chi connectivity index (χ0n) is 23.8. The molecule has 0 radical (unpaired) electrons. The zero-order chi connectivity index (χ0) is 29.7. The summed E-state index contributed by atoms with van der Waals surface area (Å²) in [6, 6.07) is 4.79. The molecule has 1 atom stereocenters. The number of methoxy groups -OCH3 is 1. The molecule has 3 aromatic heterocycles. The molecule has 0 bridgehead atoms. The van der Waals surface area contributed by atoms with Crippen LogP contribution in [0.2, 0.25) is 0 Å². The van der Waals surface area contributed by atoms with Crippen LogP contribution in [0.15, 0.2) is 46.2 Å². The highest BCUT2D eigenvalue weighted by Gasteiger charge is 2.26. The van der Waals surface area contributed by atoms with Crippen molar-refractivity contribution in [3.8, 4) is 10.8 Å². The number of rotatable bonds is 8. The van der Waals surface area contributed by atoms with Gasteiger partial charge in [0.1, 0.15) is 27.4 Å². The average Bonchev–Trinajstić information content (AvgIpc) is 3.51. The van der Waals surface area contributed by atoms with Crippen molar-refractivity contribution in [3.63, 3.8) is 0 Å². The van der Waals surface area contributed by atoms with Crippen LogP contribution >= 0.6 is 11.3 Å². The second-order valence-corrected chi connectivity index (χ2v) is 10.9. The molecule has 0 aliphatic carbocycles. The zero-order valence-corrected chi connectivity index (χ0v) is 24.6. The first kappa shape index (κ1) is 30.8. The minimum atomic E-state index is -1.03. The number of thiophene rings is 1. The van der Waals surface area contributed by atoms with Gasteiger partial charge < -0.3 is 15.2 Å². The fraction of sp³-hybridized carbons (Fsp3) is 0.429. The summed E-state index contributed by atoms with van der Waals surface area (Å²) in [7, 11) is 1.50. The Hall–Kier alpha value is -3.77. The third-order valence-electron chi connectivity index (χ3n) is 5.98. The standard InChI is InChI=1S/C25H28FN5O4S.C3H8O/c1-14(2)28-21(32)16(4)31-22(33)20-15(3)23(30-11-6-10-27-30)36-24(20)29(25(31)34)12-9-17-13-18(26)7-8-19(17)35-5;1-3(2)4/h6-8,10-11,13-14,16H,9,12H2,1-5H3,(H,28,32);3-4H,1-2H3. The first-order valence-corrected chi connectivity index (χ1v) is 13.8. The molecule has 3 heterocycles. The van der Waals surface area contributed by atoms with Gasteiger partial charge in [-0.05, 0) is 77.8 Å². The molecule has 2 N–H and O–H groups in total. The third-order valence-corrected chi connectivity index (χ3v) is 7.28. The minimum absolute atomic E-state index is 0.145. The Morgan fingerprint density at radius 1 is 1.20 bits per heavy atom. The fourth-order valence-corrected chi connectivity index (χ4v) is 5.46. The number of nitrogens with zero attached hydrogens (tertiary/aromatic N) is 4. The predicted molar refractivity (Wildman–Crippen MR) is 154 cm³/mol. The van der Waals surface area contributed by atoms with E-state index in [4.69, 9.17) is 9.84 Å². The van der Waals surface area contributed by atoms with Crippen molar-refractivity contribution in [1.29, 1.82) is 0 Å². The molecule has 12 heteroatoms. The number of hydrogen-bond donors (Lipinski definition) is 2. The molecular formula is C28H36FN5O5S. The molecule has 1 amide bonds. The number of amides is 1. The van der Waals surface area contributed by atoms with E-state index in [0.29, 0.717) is 32.1 Å². The number of aliphatic hydroxyl groups excluding tert-OH is 1. The molecule has 4 aromatic rings. The molecule has 0 aliphatic heterocycles. The average molecular weight is 574 g/mol. The van der Waals surface area contributed by atoms with Gasteiger partial charge in [0.05, 0.1) is 12.5 Å². The first-order valence-electron chi connectivity index (χ1n) is 13.0. The van der Waals surface area contributed by atoms with Crippen LogP contribution in [0.25, 0.3) is 15.2 Å². The lowest BCUT2D eigenvalue weighted by Crippen LogP contribution is -2.47. The van der Waals surface area contributed by atoms with E-state index in [1.54, 1.807) is 57.8 Å². The summed E-state index contributed by atoms with van der Waals surface area (Å²) in [6.45, 7) is 10.5. The number of carbonyl (C=O) groups excluding carboxylic acids is 1. The van der Waals surface area contributed by atoms with Crippen LogP contribution in [0.5, 0.6) is 5.75 Å². The highest BCUT2D eigenvalue weighted by Crippen LogP contribution is 2.31. The van der Waals surface area contributed by atoms with Gasteiger partial charge in [0.15, 0.2) is 0 Å². The molecule has 10 nitrogen and oxygen atoms in total. The third kappa shape index (κ3) is 6.68. The van der Waals surface area contributed by atoms with E-state index in [1.807, 2.05) is 0 Å². The van der Waals surface area contributed by atoms with Gasteiger partial charge in [-0.2, -0.15) is 5.10 Å². The lowest BCUT2D eigenvalue weighted by molar-refractivity contribution is -0.124. The van der Waals surface area contributed by atoms with Crippen LogP contribution in [-0.2, 0) is 17.8 Å². The Kier molecular flexibility index (Phi) is 10.0. The van der Waals surface area contributed by atoms with E-state index in [0.717, 1.165) is 4.57 Å². The summed E-state index contributed by atoms with van der Waals surface area (Å²) in [5, 5.41) is 16.1. The van der Waals surface area contributed by atoms with Gasteiger partial charge in [-0.15, -0.1) is 0 Å². The lowest BCUT2D eigenvalue weighted by atomic mass is 10.1. The number of fused-ring (bicyclic) bond motifs is 1. The summed E-state index contributed by atoms with van der Waals surface area (Å²) in [5.74, 6) is -0.347. The van der Waals surface area contributed by atoms with Gasteiger partial charge >= 0.3 is 5.69 Å². The van der Waals surface area contributed by atoms with Crippen molar-refractivity contribution in [2.45, 2.75) is 72.7 Å². The number of hydrogen-bond acceptors (Lipinski definition) is 7. The van der Waals surface area contributed by atoms with E-state index in [1.165, 1.54) is 48.1 Å². The van der Waals surface area contributed by atoms with Crippen molar-refractivity contribution >= 4 is 27.5 Å². The summed E-state index contributed by atoms with van der Waals surface area (Å²) in [6.07, 6.45) is 3.49. The maximum atomic E-state index is 13.9. The molecule has 1 aromatic carbocycles. The van der Waals surface area contributed by atoms with Gasteiger partial charge in [0.25, 0.3) is 5.56 Å². The Morgan fingerprint density at radius 3 is 2.45 bits per heavy atom. The van der Waals surface area contributed by atoms with Crippen LogP contribution in [0.3, 0.4) is 0 Å². The molecule has 1 unspecified atom stereocenters. The van der Waals surface area contributed by atoms with Crippen LogP contribution in [0, 0.1) is 12.7 Å². The molecule has 0 saturated heterocycles. The first-order chi connectivity index (χ1) is 18.9. The molecule has 0 saturated carbocycles. The van der Waals surface area contributed by atoms with Gasteiger partial charge in [-0.3, -0.25) is 14.2 Å². The monoisotopic (exact) mass is 573 g/mol. The number of nitrogens with one attached hydrogen (secondary N) is 1. The number of benzene rings is 1. The minimum Gasteiger partial charge on any atom is -0.496 e. The van der Waals surface area contributed by atoms with Crippen LogP contribution in [0.4, 0.5) is 4.39 Å². The van der Waals surface area contributed by atoms with E-state index in [9.17, 15) is 18.8 Å². The molecular weight excluding hydrogens is 537 g/mol. The second-order valence-electron chi connectivity index (χ2n) is 9.91. The van der Waals surface area contributed by atoms with Crippen LogP contribution < -0.4 is 21.3 Å². The smallest absolute Gasteiger partial charge is 0.332 e.